The van der Waals surface area contributed by atoms with Crippen molar-refractivity contribution in [2.24, 2.45) is 5.92 Å². The molecule has 2 fully saturated rings. The van der Waals surface area contributed by atoms with Crippen LogP contribution < -0.4 is 5.32 Å². The highest BCUT2D eigenvalue weighted by molar-refractivity contribution is 5.85. The summed E-state index contributed by atoms with van der Waals surface area (Å²) in [7, 11) is 0. The molecule has 1 amide bonds. The number of halogens is 2. The third kappa shape index (κ3) is 5.92. The molecule has 3 heterocycles. The largest absolute Gasteiger partial charge is 0.373 e. The lowest BCUT2D eigenvalue weighted by Crippen LogP contribution is -2.47. The number of hydrogen-bond donors (Lipinski definition) is 1. The normalized spacial score (nSPS) is 23.5. The Hall–Kier alpha value is -0.820. The number of carbonyl (C=O) groups excluding carboxylic acids is 1. The van der Waals surface area contributed by atoms with Crippen LogP contribution >= 0.6 is 24.8 Å². The third-order valence-electron chi connectivity index (χ3n) is 4.57. The van der Waals surface area contributed by atoms with E-state index in [-0.39, 0.29) is 36.8 Å². The Bertz CT molecular complexity index is 506. The highest BCUT2D eigenvalue weighted by atomic mass is 35.5. The second-order valence-electron chi connectivity index (χ2n) is 6.47. The summed E-state index contributed by atoms with van der Waals surface area (Å²) < 4.78 is 7.69. The van der Waals surface area contributed by atoms with Gasteiger partial charge < -0.3 is 15.0 Å². The quantitative estimate of drug-likeness (QED) is 0.845. The summed E-state index contributed by atoms with van der Waals surface area (Å²) in [4.78, 5) is 14.3. The van der Waals surface area contributed by atoms with Crippen molar-refractivity contribution in [3.8, 4) is 0 Å². The lowest BCUT2D eigenvalue weighted by atomic mass is 10.0. The molecule has 2 unspecified atom stereocenters. The number of hydrogen-bond acceptors (Lipinski definition) is 4. The molecule has 8 heteroatoms. The van der Waals surface area contributed by atoms with E-state index in [4.69, 9.17) is 4.74 Å². The van der Waals surface area contributed by atoms with E-state index >= 15 is 0 Å². The van der Waals surface area contributed by atoms with Gasteiger partial charge in [0.15, 0.2) is 0 Å². The fraction of sp³-hybridized carbons (Fsp3) is 0.750. The Labute approximate surface area is 156 Å². The van der Waals surface area contributed by atoms with Crippen LogP contribution in [0.5, 0.6) is 0 Å². The van der Waals surface area contributed by atoms with Crippen LogP contribution in [0.4, 0.5) is 0 Å². The van der Waals surface area contributed by atoms with Gasteiger partial charge in [0.2, 0.25) is 5.91 Å². The van der Waals surface area contributed by atoms with Gasteiger partial charge in [0, 0.05) is 25.7 Å². The van der Waals surface area contributed by atoms with Gasteiger partial charge in [-0.25, -0.2) is 0 Å². The minimum absolute atomic E-state index is 0. The van der Waals surface area contributed by atoms with Crippen molar-refractivity contribution >= 4 is 30.7 Å². The van der Waals surface area contributed by atoms with Crippen molar-refractivity contribution in [1.82, 2.24) is 20.0 Å². The number of aromatic nitrogens is 2. The first-order chi connectivity index (χ1) is 10.7. The Balaban J connectivity index is 0.00000144. The van der Waals surface area contributed by atoms with Crippen LogP contribution in [-0.4, -0.2) is 59.5 Å². The fourth-order valence-corrected chi connectivity index (χ4v) is 3.28. The first kappa shape index (κ1) is 21.2. The summed E-state index contributed by atoms with van der Waals surface area (Å²) in [6.07, 6.45) is 6.78. The summed E-state index contributed by atoms with van der Waals surface area (Å²) >= 11 is 0. The van der Waals surface area contributed by atoms with Crippen LogP contribution in [0.25, 0.3) is 0 Å². The summed E-state index contributed by atoms with van der Waals surface area (Å²) in [5.41, 5.74) is 1.15. The second-order valence-corrected chi connectivity index (χ2v) is 6.47. The second kappa shape index (κ2) is 10.2. The Morgan fingerprint density at radius 1 is 1.46 bits per heavy atom. The van der Waals surface area contributed by atoms with Gasteiger partial charge in [0.05, 0.1) is 25.5 Å². The zero-order valence-electron chi connectivity index (χ0n) is 14.1. The van der Waals surface area contributed by atoms with Crippen molar-refractivity contribution in [1.29, 1.82) is 0 Å². The first-order valence-electron chi connectivity index (χ1n) is 8.30. The van der Waals surface area contributed by atoms with E-state index in [0.717, 1.165) is 31.6 Å². The van der Waals surface area contributed by atoms with Crippen LogP contribution in [0.3, 0.4) is 0 Å². The molecule has 2 aliphatic rings. The van der Waals surface area contributed by atoms with Gasteiger partial charge in [0.1, 0.15) is 0 Å². The molecular formula is C16H28Cl2N4O2. The lowest BCUT2D eigenvalue weighted by Gasteiger charge is -2.33. The molecule has 2 atom stereocenters. The molecule has 0 bridgehead atoms. The summed E-state index contributed by atoms with van der Waals surface area (Å²) in [5, 5.41) is 7.65. The minimum Gasteiger partial charge on any atom is -0.373 e. The maximum Gasteiger partial charge on any atom is 0.222 e. The number of morpholine rings is 1. The molecule has 6 nitrogen and oxygen atoms in total. The van der Waals surface area contributed by atoms with E-state index in [1.165, 1.54) is 6.42 Å². The zero-order chi connectivity index (χ0) is 15.4. The van der Waals surface area contributed by atoms with E-state index in [9.17, 15) is 4.79 Å². The number of rotatable bonds is 5. The SMILES string of the molecule is Cc1cnn(CC2CN(C(=O)CCC3CCNC3)CCO2)c1.Cl.Cl. The van der Waals surface area contributed by atoms with Gasteiger partial charge in [0.25, 0.3) is 0 Å². The van der Waals surface area contributed by atoms with E-state index in [0.29, 0.717) is 32.0 Å². The first-order valence-corrected chi connectivity index (χ1v) is 8.30. The molecule has 2 aliphatic heterocycles. The van der Waals surface area contributed by atoms with Crippen molar-refractivity contribution < 1.29 is 9.53 Å². The maximum absolute atomic E-state index is 12.4. The van der Waals surface area contributed by atoms with Gasteiger partial charge in [-0.2, -0.15) is 5.10 Å². The van der Waals surface area contributed by atoms with Gasteiger partial charge in [-0.15, -0.1) is 24.8 Å². The predicted molar refractivity (Wildman–Crippen MR) is 98.0 cm³/mol. The summed E-state index contributed by atoms with van der Waals surface area (Å²) in [5.74, 6) is 0.949. The standard InChI is InChI=1S/C16H26N4O2.2ClH/c1-13-8-18-20(10-13)12-15-11-19(6-7-22-15)16(21)3-2-14-4-5-17-9-14;;/h8,10,14-15,17H,2-7,9,11-12H2,1H3;2*1H. The van der Waals surface area contributed by atoms with Crippen LogP contribution in [-0.2, 0) is 16.1 Å². The number of carbonyl (C=O) groups is 1. The van der Waals surface area contributed by atoms with Gasteiger partial charge in [-0.05, 0) is 44.3 Å². The van der Waals surface area contributed by atoms with Gasteiger partial charge in [-0.3, -0.25) is 9.48 Å². The molecular weight excluding hydrogens is 351 g/mol. The smallest absolute Gasteiger partial charge is 0.222 e. The van der Waals surface area contributed by atoms with Crippen LogP contribution in [0.1, 0.15) is 24.8 Å². The number of aryl methyl sites for hydroxylation is 1. The molecule has 0 radical (unpaired) electrons. The topological polar surface area (TPSA) is 59.4 Å². The Morgan fingerprint density at radius 3 is 2.96 bits per heavy atom. The molecule has 0 saturated carbocycles. The molecule has 0 aromatic carbocycles. The minimum atomic E-state index is 0. The number of nitrogens with one attached hydrogen (secondary N) is 1. The van der Waals surface area contributed by atoms with E-state index in [1.807, 2.05) is 28.9 Å². The summed E-state index contributed by atoms with van der Waals surface area (Å²) in [6.45, 7) is 6.93. The van der Waals surface area contributed by atoms with Crippen molar-refractivity contribution in [2.45, 2.75) is 38.8 Å². The molecule has 3 rings (SSSR count). The predicted octanol–water partition coefficient (Wildman–Crippen LogP) is 1.65. The van der Waals surface area contributed by atoms with E-state index in [2.05, 4.69) is 10.4 Å². The van der Waals surface area contributed by atoms with Gasteiger partial charge in [-0.1, -0.05) is 0 Å². The van der Waals surface area contributed by atoms with Crippen molar-refractivity contribution in [3.63, 3.8) is 0 Å². The molecule has 2 saturated heterocycles. The molecule has 1 aromatic heterocycles. The lowest BCUT2D eigenvalue weighted by molar-refractivity contribution is -0.139. The summed E-state index contributed by atoms with van der Waals surface area (Å²) in [6, 6.07) is 0. The molecule has 1 N–H and O–H groups in total. The fourth-order valence-electron chi connectivity index (χ4n) is 3.28. The molecule has 0 spiro atoms. The maximum atomic E-state index is 12.4. The number of amides is 1. The van der Waals surface area contributed by atoms with Gasteiger partial charge >= 0.3 is 0 Å². The number of ether oxygens (including phenoxy) is 1. The van der Waals surface area contributed by atoms with Crippen molar-refractivity contribution in [3.05, 3.63) is 18.0 Å². The average molecular weight is 379 g/mol. The van der Waals surface area contributed by atoms with Crippen LogP contribution in [0, 0.1) is 12.8 Å². The van der Waals surface area contributed by atoms with E-state index < -0.39 is 0 Å². The third-order valence-corrected chi connectivity index (χ3v) is 4.57. The Morgan fingerprint density at radius 2 is 2.29 bits per heavy atom. The highest BCUT2D eigenvalue weighted by Gasteiger charge is 2.25. The highest BCUT2D eigenvalue weighted by Crippen LogP contribution is 2.16. The van der Waals surface area contributed by atoms with E-state index in [1.54, 1.807) is 0 Å². The Kier molecular flexibility index (Phi) is 9.05. The molecule has 24 heavy (non-hydrogen) atoms. The molecule has 0 aliphatic carbocycles. The van der Waals surface area contributed by atoms with Crippen LogP contribution in [0.15, 0.2) is 12.4 Å². The zero-order valence-corrected chi connectivity index (χ0v) is 15.8. The monoisotopic (exact) mass is 378 g/mol. The molecule has 138 valence electrons. The number of nitrogens with zero attached hydrogens (tertiary/aromatic N) is 3. The molecule has 1 aromatic rings. The average Bonchev–Trinajstić information content (AvgIpc) is 3.17. The van der Waals surface area contributed by atoms with Crippen LogP contribution in [0.2, 0.25) is 0 Å². The van der Waals surface area contributed by atoms with Crippen molar-refractivity contribution in [2.75, 3.05) is 32.8 Å².